The Labute approximate surface area is 180 Å². The molecule has 0 radical (unpaired) electrons. The summed E-state index contributed by atoms with van der Waals surface area (Å²) in [4.78, 5) is 26.8. The Kier molecular flexibility index (Phi) is 6.04. The van der Waals surface area contributed by atoms with Crippen LogP contribution in [0.3, 0.4) is 0 Å². The van der Waals surface area contributed by atoms with Crippen LogP contribution in [0.2, 0.25) is 0 Å². The number of aryl methyl sites for hydroxylation is 1. The topological polar surface area (TPSA) is 64.0 Å². The number of thioether (sulfide) groups is 1. The molecule has 154 valence electrons. The molecule has 1 aromatic heterocycles. The highest BCUT2D eigenvalue weighted by Crippen LogP contribution is 2.28. The number of rotatable bonds is 5. The fraction of sp³-hybridized carbons (Fsp3) is 0.292. The predicted octanol–water partition coefficient (Wildman–Crippen LogP) is 4.46. The van der Waals surface area contributed by atoms with E-state index in [4.69, 9.17) is 0 Å². The summed E-state index contributed by atoms with van der Waals surface area (Å²) < 4.78 is 1.33. The molecule has 0 aliphatic heterocycles. The highest BCUT2D eigenvalue weighted by molar-refractivity contribution is 7.98. The summed E-state index contributed by atoms with van der Waals surface area (Å²) >= 11 is 1.61. The summed E-state index contributed by atoms with van der Waals surface area (Å²) in [6.45, 7) is 1.94. The summed E-state index contributed by atoms with van der Waals surface area (Å²) in [7, 11) is 0. The number of nitrogens with one attached hydrogen (secondary N) is 1. The maximum absolute atomic E-state index is 13.1. The number of nitrogens with zero attached hydrogens (tertiary/aromatic N) is 2. The number of anilines is 1. The van der Waals surface area contributed by atoms with Gasteiger partial charge in [-0.25, -0.2) is 4.68 Å². The van der Waals surface area contributed by atoms with Gasteiger partial charge in [-0.05, 0) is 62.6 Å². The number of aromatic nitrogens is 2. The standard InChI is InChI=1S/C24H25N3O2S/c1-16-10-12-17(13-11-16)23-20-8-3-4-9-21(20)24(29)27(26-23)15-22(28)25-18-6-5-7-19(14-18)30-2/h5-7,10-14H,3-4,8-9,15H2,1-2H3,(H,25,28). The first-order chi connectivity index (χ1) is 14.5. The van der Waals surface area contributed by atoms with Gasteiger partial charge in [0.1, 0.15) is 6.54 Å². The summed E-state index contributed by atoms with van der Waals surface area (Å²) in [6.07, 6.45) is 5.64. The summed E-state index contributed by atoms with van der Waals surface area (Å²) in [6, 6.07) is 15.8. The maximum atomic E-state index is 13.1. The maximum Gasteiger partial charge on any atom is 0.270 e. The van der Waals surface area contributed by atoms with Gasteiger partial charge in [0.2, 0.25) is 5.91 Å². The molecule has 0 saturated carbocycles. The molecule has 6 heteroatoms. The Hall–Kier alpha value is -2.86. The molecule has 1 N–H and O–H groups in total. The van der Waals surface area contributed by atoms with Crippen molar-refractivity contribution in [3.8, 4) is 11.3 Å². The van der Waals surface area contributed by atoms with E-state index < -0.39 is 0 Å². The Morgan fingerprint density at radius 2 is 1.83 bits per heavy atom. The Bertz CT molecular complexity index is 1140. The number of hydrogen-bond donors (Lipinski definition) is 1. The zero-order valence-electron chi connectivity index (χ0n) is 17.3. The molecule has 1 aliphatic carbocycles. The minimum Gasteiger partial charge on any atom is -0.324 e. The van der Waals surface area contributed by atoms with E-state index in [0.29, 0.717) is 0 Å². The molecule has 3 aromatic rings. The Balaban J connectivity index is 1.67. The van der Waals surface area contributed by atoms with Crippen LogP contribution in [0.25, 0.3) is 11.3 Å². The normalized spacial score (nSPS) is 13.0. The van der Waals surface area contributed by atoms with Crippen LogP contribution in [0.5, 0.6) is 0 Å². The Morgan fingerprint density at radius 1 is 1.10 bits per heavy atom. The molecule has 0 bridgehead atoms. The molecular formula is C24H25N3O2S. The molecule has 0 atom stereocenters. The van der Waals surface area contributed by atoms with E-state index in [1.807, 2.05) is 61.7 Å². The van der Waals surface area contributed by atoms with Crippen molar-refractivity contribution in [2.45, 2.75) is 44.0 Å². The van der Waals surface area contributed by atoms with Gasteiger partial charge in [-0.3, -0.25) is 9.59 Å². The predicted molar refractivity (Wildman–Crippen MR) is 122 cm³/mol. The number of carbonyl (C=O) groups is 1. The average molecular weight is 420 g/mol. The first-order valence-electron chi connectivity index (χ1n) is 10.2. The van der Waals surface area contributed by atoms with E-state index in [1.54, 1.807) is 11.8 Å². The van der Waals surface area contributed by atoms with E-state index in [1.165, 1.54) is 10.2 Å². The summed E-state index contributed by atoms with van der Waals surface area (Å²) in [5, 5.41) is 7.53. The van der Waals surface area contributed by atoms with Crippen LogP contribution in [0.1, 0.15) is 29.5 Å². The number of fused-ring (bicyclic) bond motifs is 1. The first-order valence-corrected chi connectivity index (χ1v) is 11.4. The smallest absolute Gasteiger partial charge is 0.270 e. The van der Waals surface area contributed by atoms with Crippen molar-refractivity contribution in [3.05, 3.63) is 75.6 Å². The van der Waals surface area contributed by atoms with Crippen LogP contribution in [-0.4, -0.2) is 21.9 Å². The second-order valence-electron chi connectivity index (χ2n) is 7.62. The fourth-order valence-corrected chi connectivity index (χ4v) is 4.33. The van der Waals surface area contributed by atoms with Gasteiger partial charge in [-0.15, -0.1) is 11.8 Å². The van der Waals surface area contributed by atoms with E-state index >= 15 is 0 Å². The lowest BCUT2D eigenvalue weighted by atomic mass is 9.89. The van der Waals surface area contributed by atoms with Crippen molar-refractivity contribution in [2.24, 2.45) is 0 Å². The third kappa shape index (κ3) is 4.33. The number of amides is 1. The minimum absolute atomic E-state index is 0.103. The molecule has 0 spiro atoms. The quantitative estimate of drug-likeness (QED) is 0.620. The van der Waals surface area contributed by atoms with Crippen molar-refractivity contribution >= 4 is 23.4 Å². The van der Waals surface area contributed by atoms with Gasteiger partial charge < -0.3 is 5.32 Å². The second kappa shape index (κ2) is 8.88. The minimum atomic E-state index is -0.256. The van der Waals surface area contributed by atoms with Crippen LogP contribution in [0.4, 0.5) is 5.69 Å². The molecule has 5 nitrogen and oxygen atoms in total. The lowest BCUT2D eigenvalue weighted by molar-refractivity contribution is -0.117. The zero-order chi connectivity index (χ0) is 21.1. The largest absolute Gasteiger partial charge is 0.324 e. The molecule has 0 fully saturated rings. The monoisotopic (exact) mass is 419 g/mol. The van der Waals surface area contributed by atoms with Gasteiger partial charge in [-0.2, -0.15) is 5.10 Å². The van der Waals surface area contributed by atoms with Crippen molar-refractivity contribution in [1.82, 2.24) is 9.78 Å². The summed E-state index contributed by atoms with van der Waals surface area (Å²) in [5.74, 6) is -0.256. The molecule has 0 unspecified atom stereocenters. The summed E-state index contributed by atoms with van der Waals surface area (Å²) in [5.41, 5.74) is 5.41. The molecule has 1 heterocycles. The average Bonchev–Trinajstić information content (AvgIpc) is 2.76. The van der Waals surface area contributed by atoms with Crippen LogP contribution < -0.4 is 10.9 Å². The number of carbonyl (C=O) groups excluding carboxylic acids is 1. The molecular weight excluding hydrogens is 394 g/mol. The third-order valence-corrected chi connectivity index (χ3v) is 6.16. The van der Waals surface area contributed by atoms with Gasteiger partial charge >= 0.3 is 0 Å². The molecule has 30 heavy (non-hydrogen) atoms. The molecule has 4 rings (SSSR count). The van der Waals surface area contributed by atoms with Gasteiger partial charge in [0.05, 0.1) is 5.69 Å². The molecule has 2 aromatic carbocycles. The van der Waals surface area contributed by atoms with Crippen molar-refractivity contribution in [1.29, 1.82) is 0 Å². The van der Waals surface area contributed by atoms with Crippen LogP contribution in [0, 0.1) is 6.92 Å². The van der Waals surface area contributed by atoms with Crippen LogP contribution in [0.15, 0.2) is 58.2 Å². The van der Waals surface area contributed by atoms with Gasteiger partial charge in [0.15, 0.2) is 0 Å². The fourth-order valence-electron chi connectivity index (χ4n) is 3.87. The third-order valence-electron chi connectivity index (χ3n) is 5.44. The lowest BCUT2D eigenvalue weighted by Gasteiger charge is -2.20. The Morgan fingerprint density at radius 3 is 2.57 bits per heavy atom. The lowest BCUT2D eigenvalue weighted by Crippen LogP contribution is -2.34. The SMILES string of the molecule is CSc1cccc(NC(=O)Cn2nc(-c3ccc(C)cc3)c3c(c2=O)CCCC3)c1. The number of benzene rings is 2. The van der Waals surface area contributed by atoms with Gasteiger partial charge in [-0.1, -0.05) is 35.9 Å². The first kappa shape index (κ1) is 20.4. The van der Waals surface area contributed by atoms with Crippen molar-refractivity contribution in [3.63, 3.8) is 0 Å². The van der Waals surface area contributed by atoms with Crippen molar-refractivity contribution in [2.75, 3.05) is 11.6 Å². The van der Waals surface area contributed by atoms with E-state index in [-0.39, 0.29) is 18.0 Å². The van der Waals surface area contributed by atoms with Crippen LogP contribution >= 0.6 is 11.8 Å². The highest BCUT2D eigenvalue weighted by atomic mass is 32.2. The highest BCUT2D eigenvalue weighted by Gasteiger charge is 2.22. The van der Waals surface area contributed by atoms with E-state index in [9.17, 15) is 9.59 Å². The second-order valence-corrected chi connectivity index (χ2v) is 8.50. The van der Waals surface area contributed by atoms with Gasteiger partial charge in [0.25, 0.3) is 5.56 Å². The van der Waals surface area contributed by atoms with E-state index in [2.05, 4.69) is 10.4 Å². The zero-order valence-corrected chi connectivity index (χ0v) is 18.1. The molecule has 0 saturated heterocycles. The van der Waals surface area contributed by atoms with Crippen molar-refractivity contribution < 1.29 is 4.79 Å². The van der Waals surface area contributed by atoms with E-state index in [0.717, 1.165) is 58.7 Å². The molecule has 1 amide bonds. The van der Waals surface area contributed by atoms with Crippen LogP contribution in [-0.2, 0) is 24.2 Å². The number of hydrogen-bond acceptors (Lipinski definition) is 4. The molecule has 1 aliphatic rings. The van der Waals surface area contributed by atoms with Gasteiger partial charge in [0, 0.05) is 21.7 Å².